The van der Waals surface area contributed by atoms with Gasteiger partial charge < -0.3 is 18.8 Å². The number of nitrogens with zero attached hydrogens (tertiary/aromatic N) is 4. The van der Waals surface area contributed by atoms with Crippen molar-refractivity contribution >= 4 is 17.7 Å². The van der Waals surface area contributed by atoms with Crippen LogP contribution in [0.4, 0.5) is 0 Å². The summed E-state index contributed by atoms with van der Waals surface area (Å²) in [6, 6.07) is 20.9. The second-order valence-electron chi connectivity index (χ2n) is 7.51. The number of carbonyl (C=O) groups excluding carboxylic acids is 1. The first-order valence-electron chi connectivity index (χ1n) is 10.5. The molecule has 0 aliphatic carbocycles. The molecule has 0 spiro atoms. The molecule has 1 amide bonds. The van der Waals surface area contributed by atoms with Crippen LogP contribution < -0.4 is 9.47 Å². The zero-order valence-corrected chi connectivity index (χ0v) is 18.8. The summed E-state index contributed by atoms with van der Waals surface area (Å²) in [4.78, 5) is 14.5. The topological polar surface area (TPSA) is 82.6 Å². The van der Waals surface area contributed by atoms with Crippen molar-refractivity contribution in [2.24, 2.45) is 0 Å². The quantitative estimate of drug-likeness (QED) is 0.385. The summed E-state index contributed by atoms with van der Waals surface area (Å²) >= 11 is 1.33. The first-order valence-corrected chi connectivity index (χ1v) is 11.5. The van der Waals surface area contributed by atoms with Crippen LogP contribution in [0.3, 0.4) is 0 Å². The number of ether oxygens (including phenoxy) is 2. The van der Waals surface area contributed by atoms with Crippen LogP contribution in [0, 0.1) is 0 Å². The molecule has 0 saturated carbocycles. The predicted octanol–water partition coefficient (Wildman–Crippen LogP) is 3.92. The number of rotatable bonds is 7. The Bertz CT molecular complexity index is 1230. The molecular weight excluding hydrogens is 440 g/mol. The number of furan rings is 1. The lowest BCUT2D eigenvalue weighted by molar-refractivity contribution is -0.128. The summed E-state index contributed by atoms with van der Waals surface area (Å²) in [6.07, 6.45) is 1.37. The molecule has 9 heteroatoms. The summed E-state index contributed by atoms with van der Waals surface area (Å²) in [5.41, 5.74) is 0.892. The van der Waals surface area contributed by atoms with Crippen molar-refractivity contribution in [1.82, 2.24) is 19.7 Å². The smallest absolute Gasteiger partial charge is 0.232 e. The van der Waals surface area contributed by atoms with Crippen molar-refractivity contribution in [3.8, 4) is 28.8 Å². The summed E-state index contributed by atoms with van der Waals surface area (Å²) in [5.74, 6) is 2.79. The van der Waals surface area contributed by atoms with Gasteiger partial charge in [0.05, 0.1) is 18.6 Å². The van der Waals surface area contributed by atoms with Gasteiger partial charge in [0.25, 0.3) is 0 Å². The summed E-state index contributed by atoms with van der Waals surface area (Å²) in [5, 5.41) is 9.24. The molecule has 0 N–H and O–H groups in total. The van der Waals surface area contributed by atoms with Crippen molar-refractivity contribution in [1.29, 1.82) is 0 Å². The number of benzene rings is 2. The lowest BCUT2D eigenvalue weighted by atomic mass is 10.2. The van der Waals surface area contributed by atoms with Gasteiger partial charge in [-0.3, -0.25) is 9.36 Å². The minimum Gasteiger partial charge on any atom is -0.486 e. The molecule has 1 unspecified atom stereocenters. The van der Waals surface area contributed by atoms with Crippen LogP contribution in [0.5, 0.6) is 11.5 Å². The Hall–Kier alpha value is -3.72. The third-order valence-corrected chi connectivity index (χ3v) is 6.10. The molecule has 8 nitrogen and oxygen atoms in total. The normalized spacial score (nSPS) is 14.8. The third kappa shape index (κ3) is 4.58. The molecule has 33 heavy (non-hydrogen) atoms. The van der Waals surface area contributed by atoms with Crippen molar-refractivity contribution < 1.29 is 18.7 Å². The number of amides is 1. The van der Waals surface area contributed by atoms with Crippen molar-refractivity contribution in [2.45, 2.75) is 11.3 Å². The van der Waals surface area contributed by atoms with Gasteiger partial charge in [-0.05, 0) is 36.4 Å². The van der Waals surface area contributed by atoms with Gasteiger partial charge in [-0.15, -0.1) is 10.2 Å². The fourth-order valence-electron chi connectivity index (χ4n) is 3.54. The highest BCUT2D eigenvalue weighted by molar-refractivity contribution is 7.99. The predicted molar refractivity (Wildman–Crippen MR) is 124 cm³/mol. The highest BCUT2D eigenvalue weighted by Crippen LogP contribution is 2.31. The number of thioether (sulfide) groups is 1. The monoisotopic (exact) mass is 462 g/mol. The standard InChI is InChI=1S/C24H22N4O4S/c1-27(14-18-15-31-19-10-5-6-11-20(19)32-18)22(29)16-33-24-26-25-23(21-12-7-13-30-21)28(24)17-8-3-2-4-9-17/h2-13,18H,14-16H2,1H3. The first-order chi connectivity index (χ1) is 16.2. The fraction of sp³-hybridized carbons (Fsp3) is 0.208. The first kappa shape index (κ1) is 21.1. The van der Waals surface area contributed by atoms with E-state index in [1.165, 1.54) is 11.8 Å². The van der Waals surface area contributed by atoms with Gasteiger partial charge in [0.15, 0.2) is 28.5 Å². The molecule has 0 saturated heterocycles. The second-order valence-corrected chi connectivity index (χ2v) is 8.46. The number of hydrogen-bond acceptors (Lipinski definition) is 7. The van der Waals surface area contributed by atoms with Gasteiger partial charge in [0.1, 0.15) is 6.61 Å². The maximum absolute atomic E-state index is 12.9. The maximum Gasteiger partial charge on any atom is 0.232 e. The zero-order valence-electron chi connectivity index (χ0n) is 18.0. The van der Waals surface area contributed by atoms with Crippen molar-refractivity contribution in [3.05, 3.63) is 73.0 Å². The minimum atomic E-state index is -0.225. The van der Waals surface area contributed by atoms with Crippen molar-refractivity contribution in [2.75, 3.05) is 26.0 Å². The van der Waals surface area contributed by atoms with Crippen LogP contribution in [-0.2, 0) is 4.79 Å². The molecule has 1 aliphatic heterocycles. The number of aromatic nitrogens is 3. The Balaban J connectivity index is 1.26. The lowest BCUT2D eigenvalue weighted by Crippen LogP contribution is -2.42. The number of carbonyl (C=O) groups is 1. The Kier molecular flexibility index (Phi) is 6.03. The van der Waals surface area contributed by atoms with Crippen LogP contribution in [0.15, 0.2) is 82.6 Å². The largest absolute Gasteiger partial charge is 0.486 e. The molecular formula is C24H22N4O4S. The highest BCUT2D eigenvalue weighted by Gasteiger charge is 2.25. The number of fused-ring (bicyclic) bond motifs is 1. The van der Waals surface area contributed by atoms with E-state index in [0.717, 1.165) is 11.4 Å². The summed E-state index contributed by atoms with van der Waals surface area (Å²) < 4.78 is 19.2. The van der Waals surface area contributed by atoms with E-state index in [0.29, 0.717) is 35.6 Å². The molecule has 1 aliphatic rings. The number of para-hydroxylation sites is 3. The lowest BCUT2D eigenvalue weighted by Gasteiger charge is -2.29. The Morgan fingerprint density at radius 1 is 1.06 bits per heavy atom. The summed E-state index contributed by atoms with van der Waals surface area (Å²) in [6.45, 7) is 0.827. The van der Waals surface area contributed by atoms with E-state index >= 15 is 0 Å². The van der Waals surface area contributed by atoms with E-state index in [2.05, 4.69) is 10.2 Å². The molecule has 2 aromatic heterocycles. The van der Waals surface area contributed by atoms with Crippen LogP contribution >= 0.6 is 11.8 Å². The molecule has 0 fully saturated rings. The van der Waals surface area contributed by atoms with Crippen LogP contribution in [0.25, 0.3) is 17.3 Å². The summed E-state index contributed by atoms with van der Waals surface area (Å²) in [7, 11) is 1.77. The molecule has 5 rings (SSSR count). The van der Waals surface area contributed by atoms with Gasteiger partial charge in [-0.25, -0.2) is 0 Å². The molecule has 0 radical (unpaired) electrons. The average molecular weight is 463 g/mol. The highest BCUT2D eigenvalue weighted by atomic mass is 32.2. The van der Waals surface area contributed by atoms with Crippen molar-refractivity contribution in [3.63, 3.8) is 0 Å². The maximum atomic E-state index is 12.9. The average Bonchev–Trinajstić information content (AvgIpc) is 3.53. The van der Waals surface area contributed by atoms with Crippen LogP contribution in [0.1, 0.15) is 0 Å². The van der Waals surface area contributed by atoms with Gasteiger partial charge in [0, 0.05) is 12.7 Å². The molecule has 3 heterocycles. The second kappa shape index (κ2) is 9.41. The van der Waals surface area contributed by atoms with Crippen LogP contribution in [0.2, 0.25) is 0 Å². The molecule has 0 bridgehead atoms. The van der Waals surface area contributed by atoms with E-state index in [1.54, 1.807) is 24.3 Å². The van der Waals surface area contributed by atoms with Crippen LogP contribution in [-0.4, -0.2) is 57.6 Å². The van der Waals surface area contributed by atoms with E-state index in [-0.39, 0.29) is 17.8 Å². The molecule has 1 atom stereocenters. The van der Waals surface area contributed by atoms with E-state index < -0.39 is 0 Å². The Morgan fingerprint density at radius 2 is 1.85 bits per heavy atom. The van der Waals surface area contributed by atoms with Gasteiger partial charge >= 0.3 is 0 Å². The Labute approximate surface area is 195 Å². The van der Waals surface area contributed by atoms with E-state index in [4.69, 9.17) is 13.9 Å². The molecule has 2 aromatic carbocycles. The van der Waals surface area contributed by atoms with Gasteiger partial charge in [-0.2, -0.15) is 0 Å². The number of hydrogen-bond donors (Lipinski definition) is 0. The van der Waals surface area contributed by atoms with Gasteiger partial charge in [-0.1, -0.05) is 42.1 Å². The molecule has 168 valence electrons. The SMILES string of the molecule is CN(CC1COc2ccccc2O1)C(=O)CSc1nnc(-c2ccco2)n1-c1ccccc1. The third-order valence-electron chi connectivity index (χ3n) is 5.18. The van der Waals surface area contributed by atoms with E-state index in [9.17, 15) is 4.79 Å². The minimum absolute atomic E-state index is 0.0374. The zero-order chi connectivity index (χ0) is 22.6. The van der Waals surface area contributed by atoms with E-state index in [1.807, 2.05) is 65.2 Å². The Morgan fingerprint density at radius 3 is 2.64 bits per heavy atom. The van der Waals surface area contributed by atoms with Gasteiger partial charge in [0.2, 0.25) is 11.7 Å². The molecule has 4 aromatic rings. The number of likely N-dealkylation sites (N-methyl/N-ethyl adjacent to an activating group) is 1. The fourth-order valence-corrected chi connectivity index (χ4v) is 4.43.